The zero-order chi connectivity index (χ0) is 12.0. The molecule has 0 aromatic carbocycles. The monoisotopic (exact) mass is 233 g/mol. The molecule has 3 rings (SSSR count). The first-order chi connectivity index (χ1) is 8.15. The highest BCUT2D eigenvalue weighted by atomic mass is 15.3. The smallest absolute Gasteiger partial charge is 0.0656 e. The summed E-state index contributed by atoms with van der Waals surface area (Å²) >= 11 is 0. The minimum atomic E-state index is 0.698. The molecule has 1 aromatic rings. The van der Waals surface area contributed by atoms with Crippen LogP contribution in [0.1, 0.15) is 51.1 Å². The lowest BCUT2D eigenvalue weighted by Gasteiger charge is -2.41. The van der Waals surface area contributed by atoms with Crippen molar-refractivity contribution in [1.82, 2.24) is 14.7 Å². The van der Waals surface area contributed by atoms with Gasteiger partial charge in [-0.15, -0.1) is 0 Å². The van der Waals surface area contributed by atoms with Gasteiger partial charge in [-0.1, -0.05) is 0 Å². The third kappa shape index (κ3) is 1.90. The van der Waals surface area contributed by atoms with E-state index in [-0.39, 0.29) is 0 Å². The first kappa shape index (κ1) is 11.3. The molecule has 0 aliphatic carbocycles. The number of nitrogens with zero attached hydrogens (tertiary/aromatic N) is 3. The van der Waals surface area contributed by atoms with E-state index in [1.165, 1.54) is 31.4 Å². The molecule has 0 saturated carbocycles. The Hall–Kier alpha value is -0.830. The van der Waals surface area contributed by atoms with Gasteiger partial charge in [-0.2, -0.15) is 5.10 Å². The molecule has 2 unspecified atom stereocenters. The van der Waals surface area contributed by atoms with Crippen molar-refractivity contribution in [2.45, 2.75) is 63.6 Å². The fraction of sp³-hybridized carbons (Fsp3) is 0.786. The molecular formula is C14H23N3. The molecule has 3 nitrogen and oxygen atoms in total. The Balaban J connectivity index is 1.77. The third-order valence-corrected chi connectivity index (χ3v) is 4.54. The van der Waals surface area contributed by atoms with Gasteiger partial charge in [0.15, 0.2) is 0 Å². The molecule has 17 heavy (non-hydrogen) atoms. The molecule has 2 aliphatic rings. The summed E-state index contributed by atoms with van der Waals surface area (Å²) in [7, 11) is 2.02. The van der Waals surface area contributed by atoms with E-state index >= 15 is 0 Å². The van der Waals surface area contributed by atoms with Crippen molar-refractivity contribution in [2.75, 3.05) is 0 Å². The van der Waals surface area contributed by atoms with Crippen LogP contribution in [0.15, 0.2) is 12.3 Å². The van der Waals surface area contributed by atoms with Gasteiger partial charge in [0, 0.05) is 37.3 Å². The van der Waals surface area contributed by atoms with E-state index in [2.05, 4.69) is 36.1 Å². The van der Waals surface area contributed by atoms with Gasteiger partial charge < -0.3 is 0 Å². The Morgan fingerprint density at radius 1 is 1.24 bits per heavy atom. The van der Waals surface area contributed by atoms with Crippen LogP contribution in [0.25, 0.3) is 0 Å². The predicted octanol–water partition coefficient (Wildman–Crippen LogP) is 2.54. The Bertz CT molecular complexity index is 382. The largest absolute Gasteiger partial charge is 0.295 e. The highest BCUT2D eigenvalue weighted by molar-refractivity contribution is 5.12. The summed E-state index contributed by atoms with van der Waals surface area (Å²) < 4.78 is 1.94. The van der Waals surface area contributed by atoms with Crippen molar-refractivity contribution in [3.63, 3.8) is 0 Å². The zero-order valence-electron chi connectivity index (χ0n) is 11.1. The SMILES string of the molecule is CC(C)N1C2CCC1CC(c1ccn(C)n1)C2. The van der Waals surface area contributed by atoms with Crippen LogP contribution in [-0.4, -0.2) is 32.8 Å². The topological polar surface area (TPSA) is 21.1 Å². The molecule has 3 heteroatoms. The Kier molecular flexibility index (Phi) is 2.74. The second kappa shape index (κ2) is 4.13. The summed E-state index contributed by atoms with van der Waals surface area (Å²) in [6, 6.07) is 4.52. The quantitative estimate of drug-likeness (QED) is 0.782. The number of rotatable bonds is 2. The van der Waals surface area contributed by atoms with Crippen LogP contribution < -0.4 is 0 Å². The van der Waals surface area contributed by atoms with Crippen LogP contribution in [0.4, 0.5) is 0 Å². The molecule has 94 valence electrons. The van der Waals surface area contributed by atoms with Crippen molar-refractivity contribution in [3.05, 3.63) is 18.0 Å². The van der Waals surface area contributed by atoms with Gasteiger partial charge in [-0.25, -0.2) is 0 Å². The van der Waals surface area contributed by atoms with Crippen molar-refractivity contribution in [1.29, 1.82) is 0 Å². The highest BCUT2D eigenvalue weighted by Gasteiger charge is 2.42. The Labute approximate surface area is 104 Å². The van der Waals surface area contributed by atoms with Gasteiger partial charge in [0.25, 0.3) is 0 Å². The zero-order valence-corrected chi connectivity index (χ0v) is 11.1. The molecular weight excluding hydrogens is 210 g/mol. The second-order valence-electron chi connectivity index (χ2n) is 6.01. The molecule has 0 amide bonds. The van der Waals surface area contributed by atoms with E-state index in [9.17, 15) is 0 Å². The summed E-state index contributed by atoms with van der Waals surface area (Å²) in [5, 5.41) is 4.60. The molecule has 0 spiro atoms. The number of piperidine rings is 1. The van der Waals surface area contributed by atoms with Crippen LogP contribution >= 0.6 is 0 Å². The van der Waals surface area contributed by atoms with Crippen LogP contribution in [-0.2, 0) is 7.05 Å². The number of fused-ring (bicyclic) bond motifs is 2. The summed E-state index contributed by atoms with van der Waals surface area (Å²) in [5.41, 5.74) is 1.31. The normalized spacial score (nSPS) is 33.5. The molecule has 2 fully saturated rings. The van der Waals surface area contributed by atoms with E-state index in [1.807, 2.05) is 11.7 Å². The number of hydrogen-bond acceptors (Lipinski definition) is 2. The van der Waals surface area contributed by atoms with E-state index in [4.69, 9.17) is 0 Å². The minimum Gasteiger partial charge on any atom is -0.295 e. The van der Waals surface area contributed by atoms with E-state index in [0.717, 1.165) is 12.1 Å². The highest BCUT2D eigenvalue weighted by Crippen LogP contribution is 2.43. The van der Waals surface area contributed by atoms with E-state index in [1.54, 1.807) is 0 Å². The van der Waals surface area contributed by atoms with Gasteiger partial charge in [0.05, 0.1) is 5.69 Å². The molecule has 1 aromatic heterocycles. The Morgan fingerprint density at radius 3 is 2.35 bits per heavy atom. The number of aromatic nitrogens is 2. The van der Waals surface area contributed by atoms with Crippen molar-refractivity contribution < 1.29 is 0 Å². The third-order valence-electron chi connectivity index (χ3n) is 4.54. The van der Waals surface area contributed by atoms with Gasteiger partial charge in [0.2, 0.25) is 0 Å². The second-order valence-corrected chi connectivity index (χ2v) is 6.01. The number of hydrogen-bond donors (Lipinski definition) is 0. The van der Waals surface area contributed by atoms with E-state index < -0.39 is 0 Å². The van der Waals surface area contributed by atoms with Gasteiger partial charge in [-0.3, -0.25) is 9.58 Å². The van der Waals surface area contributed by atoms with Crippen molar-refractivity contribution in [2.24, 2.45) is 7.05 Å². The van der Waals surface area contributed by atoms with Crippen molar-refractivity contribution in [3.8, 4) is 0 Å². The van der Waals surface area contributed by atoms with Gasteiger partial charge >= 0.3 is 0 Å². The first-order valence-corrected chi connectivity index (χ1v) is 6.92. The number of aryl methyl sites for hydroxylation is 1. The predicted molar refractivity (Wildman–Crippen MR) is 69.0 cm³/mol. The lowest BCUT2D eigenvalue weighted by molar-refractivity contribution is 0.0915. The maximum atomic E-state index is 4.60. The molecule has 2 bridgehead atoms. The molecule has 0 N–H and O–H groups in total. The minimum absolute atomic E-state index is 0.698. The Morgan fingerprint density at radius 2 is 1.88 bits per heavy atom. The molecule has 0 radical (unpaired) electrons. The maximum absolute atomic E-state index is 4.60. The van der Waals surface area contributed by atoms with Crippen LogP contribution in [0, 0.1) is 0 Å². The molecule has 2 atom stereocenters. The van der Waals surface area contributed by atoms with Gasteiger partial charge in [-0.05, 0) is 45.6 Å². The molecule has 2 saturated heterocycles. The van der Waals surface area contributed by atoms with Gasteiger partial charge in [0.1, 0.15) is 0 Å². The van der Waals surface area contributed by atoms with E-state index in [0.29, 0.717) is 12.0 Å². The lowest BCUT2D eigenvalue weighted by Crippen LogP contribution is -2.46. The fourth-order valence-electron chi connectivity index (χ4n) is 3.95. The first-order valence-electron chi connectivity index (χ1n) is 6.92. The molecule has 2 aliphatic heterocycles. The average molecular weight is 233 g/mol. The fourth-order valence-corrected chi connectivity index (χ4v) is 3.95. The summed E-state index contributed by atoms with van der Waals surface area (Å²) in [6.07, 6.45) is 7.49. The lowest BCUT2D eigenvalue weighted by atomic mass is 9.87. The van der Waals surface area contributed by atoms with Crippen LogP contribution in [0.3, 0.4) is 0 Å². The van der Waals surface area contributed by atoms with Crippen LogP contribution in [0.2, 0.25) is 0 Å². The van der Waals surface area contributed by atoms with Crippen molar-refractivity contribution >= 4 is 0 Å². The summed E-state index contributed by atoms with van der Waals surface area (Å²) in [4.78, 5) is 2.75. The average Bonchev–Trinajstić information content (AvgIpc) is 2.81. The standard InChI is InChI=1S/C14H23N3/c1-10(2)17-12-4-5-13(17)9-11(8-12)14-6-7-16(3)15-14/h6-7,10-13H,4-5,8-9H2,1-3H3. The summed E-state index contributed by atoms with van der Waals surface area (Å²) in [5.74, 6) is 0.698. The van der Waals surface area contributed by atoms with Crippen LogP contribution in [0.5, 0.6) is 0 Å². The molecule has 3 heterocycles. The summed E-state index contributed by atoms with van der Waals surface area (Å²) in [6.45, 7) is 4.68. The maximum Gasteiger partial charge on any atom is 0.0656 e.